The molecule has 5 heteroatoms. The van der Waals surface area contributed by atoms with Crippen molar-refractivity contribution >= 4 is 5.95 Å². The average molecular weight is 239 g/mol. The third-order valence-electron chi connectivity index (χ3n) is 3.28. The zero-order valence-electron chi connectivity index (χ0n) is 10.6. The second kappa shape index (κ2) is 6.02. The van der Waals surface area contributed by atoms with Crippen LogP contribution in [-0.4, -0.2) is 42.5 Å². The van der Waals surface area contributed by atoms with E-state index in [1.807, 2.05) is 12.4 Å². The molecule has 1 saturated heterocycles. The van der Waals surface area contributed by atoms with Crippen molar-refractivity contribution in [2.75, 3.05) is 32.2 Å². The summed E-state index contributed by atoms with van der Waals surface area (Å²) in [4.78, 5) is 4.34. The molecule has 0 aromatic carbocycles. The van der Waals surface area contributed by atoms with Gasteiger partial charge in [-0.3, -0.25) is 0 Å². The van der Waals surface area contributed by atoms with Crippen molar-refractivity contribution in [2.24, 2.45) is 5.92 Å². The Bertz CT molecular complexity index is 334. The first kappa shape index (κ1) is 12.4. The molecular weight excluding hydrogens is 218 g/mol. The minimum atomic E-state index is 0.390. The maximum absolute atomic E-state index is 5.41. The van der Waals surface area contributed by atoms with Crippen LogP contribution in [0.2, 0.25) is 0 Å². The molecule has 0 saturated carbocycles. The lowest BCUT2D eigenvalue weighted by Gasteiger charge is -2.20. The summed E-state index contributed by atoms with van der Waals surface area (Å²) < 4.78 is 12.6. The van der Waals surface area contributed by atoms with Crippen molar-refractivity contribution in [1.29, 1.82) is 0 Å². The van der Waals surface area contributed by atoms with Crippen LogP contribution in [0.1, 0.15) is 13.3 Å². The second-order valence-electron chi connectivity index (χ2n) is 4.49. The normalized spacial score (nSPS) is 21.6. The summed E-state index contributed by atoms with van der Waals surface area (Å²) >= 11 is 0. The molecule has 1 aromatic rings. The third kappa shape index (κ3) is 3.20. The molecule has 96 valence electrons. The molecule has 0 bridgehead atoms. The van der Waals surface area contributed by atoms with E-state index >= 15 is 0 Å². The number of imidazole rings is 1. The van der Waals surface area contributed by atoms with Gasteiger partial charge in [0.15, 0.2) is 0 Å². The predicted octanol–water partition coefficient (Wildman–Crippen LogP) is 1.37. The predicted molar refractivity (Wildman–Crippen MR) is 66.1 cm³/mol. The van der Waals surface area contributed by atoms with E-state index in [2.05, 4.69) is 21.8 Å². The van der Waals surface area contributed by atoms with Crippen molar-refractivity contribution in [2.45, 2.75) is 25.9 Å². The number of nitrogens with zero attached hydrogens (tertiary/aromatic N) is 2. The van der Waals surface area contributed by atoms with Gasteiger partial charge in [-0.2, -0.15) is 0 Å². The Balaban J connectivity index is 1.90. The van der Waals surface area contributed by atoms with E-state index in [-0.39, 0.29) is 0 Å². The minimum Gasteiger partial charge on any atom is -0.383 e. The summed E-state index contributed by atoms with van der Waals surface area (Å²) in [5, 5.41) is 3.46. The SMILES string of the molecule is COCCn1ccnc1NC(C)C1CCOC1. The molecule has 0 aliphatic carbocycles. The lowest BCUT2D eigenvalue weighted by Crippen LogP contribution is -2.28. The zero-order valence-corrected chi connectivity index (χ0v) is 10.6. The Morgan fingerprint density at radius 2 is 2.59 bits per heavy atom. The summed E-state index contributed by atoms with van der Waals surface area (Å²) in [5.74, 6) is 1.50. The molecule has 1 aromatic heterocycles. The van der Waals surface area contributed by atoms with E-state index in [1.54, 1.807) is 7.11 Å². The highest BCUT2D eigenvalue weighted by molar-refractivity contribution is 5.27. The smallest absolute Gasteiger partial charge is 0.203 e. The summed E-state index contributed by atoms with van der Waals surface area (Å²) in [7, 11) is 1.71. The average Bonchev–Trinajstić information content (AvgIpc) is 2.97. The monoisotopic (exact) mass is 239 g/mol. The van der Waals surface area contributed by atoms with E-state index in [1.165, 1.54) is 0 Å². The zero-order chi connectivity index (χ0) is 12.1. The minimum absolute atomic E-state index is 0.390. The van der Waals surface area contributed by atoms with Gasteiger partial charge in [0.25, 0.3) is 0 Å². The van der Waals surface area contributed by atoms with Crippen LogP contribution in [0.3, 0.4) is 0 Å². The summed E-state index contributed by atoms with van der Waals surface area (Å²) in [5.41, 5.74) is 0. The Kier molecular flexibility index (Phi) is 4.39. The molecule has 1 N–H and O–H groups in total. The van der Waals surface area contributed by atoms with Crippen LogP contribution >= 0.6 is 0 Å². The van der Waals surface area contributed by atoms with Gasteiger partial charge in [0.05, 0.1) is 13.2 Å². The van der Waals surface area contributed by atoms with Crippen LogP contribution < -0.4 is 5.32 Å². The molecule has 1 aliphatic heterocycles. The van der Waals surface area contributed by atoms with Crippen LogP contribution in [0.5, 0.6) is 0 Å². The second-order valence-corrected chi connectivity index (χ2v) is 4.49. The first-order valence-corrected chi connectivity index (χ1v) is 6.15. The van der Waals surface area contributed by atoms with Crippen LogP contribution in [0.4, 0.5) is 5.95 Å². The maximum Gasteiger partial charge on any atom is 0.203 e. The van der Waals surface area contributed by atoms with Crippen molar-refractivity contribution in [3.63, 3.8) is 0 Å². The Hall–Kier alpha value is -1.07. The van der Waals surface area contributed by atoms with Crippen molar-refractivity contribution in [3.05, 3.63) is 12.4 Å². The van der Waals surface area contributed by atoms with Crippen molar-refractivity contribution in [3.8, 4) is 0 Å². The Morgan fingerprint density at radius 3 is 3.29 bits per heavy atom. The highest BCUT2D eigenvalue weighted by Crippen LogP contribution is 2.19. The molecule has 2 atom stereocenters. The molecular formula is C12H21N3O2. The summed E-state index contributed by atoms with van der Waals surface area (Å²) in [6, 6.07) is 0.390. The first-order chi connectivity index (χ1) is 8.31. The fourth-order valence-electron chi connectivity index (χ4n) is 2.09. The van der Waals surface area contributed by atoms with Gasteiger partial charge in [-0.1, -0.05) is 0 Å². The van der Waals surface area contributed by atoms with Gasteiger partial charge in [0.1, 0.15) is 0 Å². The Labute approximate surface area is 102 Å². The van der Waals surface area contributed by atoms with Crippen LogP contribution in [0.15, 0.2) is 12.4 Å². The van der Waals surface area contributed by atoms with Gasteiger partial charge < -0.3 is 19.4 Å². The fourth-order valence-corrected chi connectivity index (χ4v) is 2.09. The molecule has 2 heterocycles. The number of ether oxygens (including phenoxy) is 2. The van der Waals surface area contributed by atoms with E-state index in [4.69, 9.17) is 9.47 Å². The first-order valence-electron chi connectivity index (χ1n) is 6.15. The van der Waals surface area contributed by atoms with E-state index in [0.717, 1.165) is 32.1 Å². The van der Waals surface area contributed by atoms with E-state index < -0.39 is 0 Å². The van der Waals surface area contributed by atoms with Gasteiger partial charge in [-0.05, 0) is 13.3 Å². The fraction of sp³-hybridized carbons (Fsp3) is 0.750. The standard InChI is InChI=1S/C12H21N3O2/c1-10(11-3-7-17-9-11)14-12-13-4-5-15(12)6-8-16-2/h4-5,10-11H,3,6-9H2,1-2H3,(H,13,14). The molecule has 5 nitrogen and oxygen atoms in total. The topological polar surface area (TPSA) is 48.3 Å². The van der Waals surface area contributed by atoms with E-state index in [0.29, 0.717) is 18.6 Å². The third-order valence-corrected chi connectivity index (χ3v) is 3.28. The molecule has 0 spiro atoms. The lowest BCUT2D eigenvalue weighted by molar-refractivity contribution is 0.182. The molecule has 2 unspecified atom stereocenters. The summed E-state index contributed by atoms with van der Waals surface area (Å²) in [6.07, 6.45) is 4.92. The summed E-state index contributed by atoms with van der Waals surface area (Å²) in [6.45, 7) is 5.45. The largest absolute Gasteiger partial charge is 0.383 e. The molecule has 2 rings (SSSR count). The number of methoxy groups -OCH3 is 1. The van der Waals surface area contributed by atoms with Gasteiger partial charge >= 0.3 is 0 Å². The quantitative estimate of drug-likeness (QED) is 0.814. The van der Waals surface area contributed by atoms with E-state index in [9.17, 15) is 0 Å². The van der Waals surface area contributed by atoms with Gasteiger partial charge in [0.2, 0.25) is 5.95 Å². The molecule has 0 radical (unpaired) electrons. The molecule has 17 heavy (non-hydrogen) atoms. The molecule has 1 aliphatic rings. The number of nitrogens with one attached hydrogen (secondary N) is 1. The molecule has 0 amide bonds. The number of anilines is 1. The van der Waals surface area contributed by atoms with Crippen molar-refractivity contribution in [1.82, 2.24) is 9.55 Å². The molecule has 1 fully saturated rings. The Morgan fingerprint density at radius 1 is 1.71 bits per heavy atom. The van der Waals surface area contributed by atoms with Crippen molar-refractivity contribution < 1.29 is 9.47 Å². The highest BCUT2D eigenvalue weighted by atomic mass is 16.5. The number of hydrogen-bond acceptors (Lipinski definition) is 4. The highest BCUT2D eigenvalue weighted by Gasteiger charge is 2.22. The maximum atomic E-state index is 5.41. The number of rotatable bonds is 6. The lowest BCUT2D eigenvalue weighted by atomic mass is 10.0. The van der Waals surface area contributed by atoms with Gasteiger partial charge in [-0.25, -0.2) is 4.98 Å². The number of aromatic nitrogens is 2. The van der Waals surface area contributed by atoms with Gasteiger partial charge in [-0.15, -0.1) is 0 Å². The van der Waals surface area contributed by atoms with Gasteiger partial charge in [0, 0.05) is 44.6 Å². The van der Waals surface area contributed by atoms with Crippen LogP contribution in [0.25, 0.3) is 0 Å². The number of hydrogen-bond donors (Lipinski definition) is 1. The van der Waals surface area contributed by atoms with Crippen LogP contribution in [0, 0.1) is 5.92 Å². The van der Waals surface area contributed by atoms with Crippen LogP contribution in [-0.2, 0) is 16.0 Å².